The van der Waals surface area contributed by atoms with Gasteiger partial charge in [-0.05, 0) is 43.3 Å². The number of nitrogens with zero attached hydrogens (tertiary/aromatic N) is 4. The van der Waals surface area contributed by atoms with E-state index in [4.69, 9.17) is 9.72 Å². The largest absolute Gasteiger partial charge is 0.492 e. The summed E-state index contributed by atoms with van der Waals surface area (Å²) >= 11 is 2.89. The Morgan fingerprint density at radius 1 is 1.09 bits per heavy atom. The average Bonchev–Trinajstić information content (AvgIpc) is 3.55. The molecule has 0 spiro atoms. The molecular formula is C23H28N4O4S3. The Kier molecular flexibility index (Phi) is 6.79. The van der Waals surface area contributed by atoms with Crippen LogP contribution in [-0.2, 0) is 14.8 Å². The smallest absolute Gasteiger partial charge is 0.252 e. The second kappa shape index (κ2) is 9.80. The molecule has 2 aliphatic heterocycles. The number of ether oxygens (including phenoxy) is 1. The number of fused-ring (bicyclic) bond motifs is 1. The van der Waals surface area contributed by atoms with Gasteiger partial charge < -0.3 is 14.5 Å². The number of amides is 1. The van der Waals surface area contributed by atoms with Gasteiger partial charge in [0, 0.05) is 45.2 Å². The lowest BCUT2D eigenvalue weighted by atomic mass is 9.96. The Hall–Kier alpha value is -2.21. The monoisotopic (exact) mass is 520 g/mol. The summed E-state index contributed by atoms with van der Waals surface area (Å²) in [6.45, 7) is 6.14. The van der Waals surface area contributed by atoms with E-state index in [-0.39, 0.29) is 11.8 Å². The zero-order valence-corrected chi connectivity index (χ0v) is 21.5. The van der Waals surface area contributed by atoms with Gasteiger partial charge >= 0.3 is 0 Å². The molecule has 0 unspecified atom stereocenters. The van der Waals surface area contributed by atoms with Crippen LogP contribution in [0.25, 0.3) is 10.2 Å². The van der Waals surface area contributed by atoms with Crippen molar-refractivity contribution in [3.05, 3.63) is 35.7 Å². The van der Waals surface area contributed by atoms with Crippen molar-refractivity contribution >= 4 is 54.0 Å². The molecule has 2 fully saturated rings. The molecular weight excluding hydrogens is 492 g/mol. The van der Waals surface area contributed by atoms with Crippen molar-refractivity contribution in [3.8, 4) is 5.75 Å². The molecule has 0 saturated carbocycles. The summed E-state index contributed by atoms with van der Waals surface area (Å²) in [5.74, 6) is 0.844. The van der Waals surface area contributed by atoms with Crippen molar-refractivity contribution in [2.24, 2.45) is 5.92 Å². The first-order chi connectivity index (χ1) is 16.5. The number of piperidine rings is 1. The summed E-state index contributed by atoms with van der Waals surface area (Å²) in [4.78, 5) is 22.1. The number of benzene rings is 1. The summed E-state index contributed by atoms with van der Waals surface area (Å²) in [5, 5.41) is 2.73. The van der Waals surface area contributed by atoms with Crippen molar-refractivity contribution in [2.75, 3.05) is 50.8 Å². The summed E-state index contributed by atoms with van der Waals surface area (Å²) in [6, 6.07) is 9.38. The second-order valence-electron chi connectivity index (χ2n) is 8.46. The maximum atomic E-state index is 13.2. The van der Waals surface area contributed by atoms with Crippen LogP contribution in [-0.4, -0.2) is 74.4 Å². The van der Waals surface area contributed by atoms with Crippen LogP contribution in [0.2, 0.25) is 0 Å². The molecule has 2 aromatic heterocycles. The highest BCUT2D eigenvalue weighted by molar-refractivity contribution is 7.91. The first-order valence-corrected chi connectivity index (χ1v) is 14.7. The van der Waals surface area contributed by atoms with Crippen molar-refractivity contribution < 1.29 is 17.9 Å². The van der Waals surface area contributed by atoms with E-state index in [9.17, 15) is 13.2 Å². The van der Waals surface area contributed by atoms with E-state index in [1.807, 2.05) is 24.0 Å². The number of aromatic nitrogens is 1. The van der Waals surface area contributed by atoms with E-state index < -0.39 is 10.0 Å². The number of hydrogen-bond acceptors (Lipinski definition) is 8. The Morgan fingerprint density at radius 3 is 2.53 bits per heavy atom. The number of hydrogen-bond donors (Lipinski definition) is 0. The molecule has 34 heavy (non-hydrogen) atoms. The lowest BCUT2D eigenvalue weighted by molar-refractivity contribution is -0.137. The first-order valence-electron chi connectivity index (χ1n) is 11.6. The molecule has 0 radical (unpaired) electrons. The Bertz CT molecular complexity index is 1240. The summed E-state index contributed by atoms with van der Waals surface area (Å²) in [6.07, 6.45) is 1.14. The van der Waals surface area contributed by atoms with Gasteiger partial charge in [-0.15, -0.1) is 11.3 Å². The van der Waals surface area contributed by atoms with Crippen LogP contribution < -0.4 is 9.64 Å². The highest BCUT2D eigenvalue weighted by Crippen LogP contribution is 2.35. The SMILES string of the molecule is CCOc1cccc2sc(N3CCN(C(=O)C4CCN(S(=O)(=O)c5cccs5)CC4)CC3)nc12. The molecule has 1 amide bonds. The molecule has 2 saturated heterocycles. The van der Waals surface area contributed by atoms with Gasteiger partial charge in [0.15, 0.2) is 5.13 Å². The molecule has 0 aliphatic carbocycles. The molecule has 0 N–H and O–H groups in total. The molecule has 11 heteroatoms. The highest BCUT2D eigenvalue weighted by atomic mass is 32.2. The van der Waals surface area contributed by atoms with E-state index in [0.717, 1.165) is 34.2 Å². The van der Waals surface area contributed by atoms with Gasteiger partial charge in [-0.2, -0.15) is 4.31 Å². The van der Waals surface area contributed by atoms with Crippen LogP contribution in [0, 0.1) is 5.92 Å². The standard InChI is InChI=1S/C23H28N4O4S3/c1-2-31-18-5-3-6-19-21(18)24-23(33-19)26-14-12-25(13-15-26)22(28)17-8-10-27(11-9-17)34(29,30)20-7-4-16-32-20/h3-7,16-17H,2,8-15H2,1H3. The predicted molar refractivity (Wildman–Crippen MR) is 135 cm³/mol. The Balaban J connectivity index is 1.17. The maximum Gasteiger partial charge on any atom is 0.252 e. The minimum Gasteiger partial charge on any atom is -0.492 e. The van der Waals surface area contributed by atoms with Gasteiger partial charge in [0.2, 0.25) is 5.91 Å². The van der Waals surface area contributed by atoms with E-state index in [2.05, 4.69) is 11.0 Å². The molecule has 1 aromatic carbocycles. The third-order valence-corrected chi connectivity index (χ3v) is 10.8. The number of thiazole rings is 1. The third-order valence-electron chi connectivity index (χ3n) is 6.42. The van der Waals surface area contributed by atoms with Crippen LogP contribution in [0.1, 0.15) is 19.8 Å². The topological polar surface area (TPSA) is 83.0 Å². The van der Waals surface area contributed by atoms with Gasteiger partial charge in [-0.1, -0.05) is 23.5 Å². The third kappa shape index (κ3) is 4.53. The number of para-hydroxylation sites is 1. The maximum absolute atomic E-state index is 13.2. The van der Waals surface area contributed by atoms with Crippen molar-refractivity contribution in [1.29, 1.82) is 0 Å². The molecule has 0 atom stereocenters. The first kappa shape index (κ1) is 23.5. The van der Waals surface area contributed by atoms with Crippen molar-refractivity contribution in [2.45, 2.75) is 24.0 Å². The number of carbonyl (C=O) groups is 1. The number of thiophene rings is 1. The van der Waals surface area contributed by atoms with Gasteiger partial charge in [-0.25, -0.2) is 13.4 Å². The van der Waals surface area contributed by atoms with Crippen LogP contribution >= 0.6 is 22.7 Å². The van der Waals surface area contributed by atoms with E-state index in [0.29, 0.717) is 49.8 Å². The average molecular weight is 521 g/mol. The molecule has 4 heterocycles. The highest BCUT2D eigenvalue weighted by Gasteiger charge is 2.35. The number of rotatable bonds is 6. The summed E-state index contributed by atoms with van der Waals surface area (Å²) in [5.41, 5.74) is 0.895. The van der Waals surface area contributed by atoms with Crippen LogP contribution in [0.5, 0.6) is 5.75 Å². The van der Waals surface area contributed by atoms with E-state index >= 15 is 0 Å². The fourth-order valence-electron chi connectivity index (χ4n) is 4.58. The minimum atomic E-state index is -3.44. The van der Waals surface area contributed by atoms with Gasteiger partial charge in [0.25, 0.3) is 10.0 Å². The van der Waals surface area contributed by atoms with E-state index in [1.54, 1.807) is 28.8 Å². The van der Waals surface area contributed by atoms with Crippen LogP contribution in [0.3, 0.4) is 0 Å². The number of sulfonamides is 1. The lowest BCUT2D eigenvalue weighted by Crippen LogP contribution is -2.52. The van der Waals surface area contributed by atoms with E-state index in [1.165, 1.54) is 15.6 Å². The van der Waals surface area contributed by atoms with Crippen LogP contribution in [0.4, 0.5) is 5.13 Å². The Morgan fingerprint density at radius 2 is 1.85 bits per heavy atom. The van der Waals surface area contributed by atoms with Gasteiger partial charge in [0.05, 0.1) is 11.3 Å². The fourth-order valence-corrected chi connectivity index (χ4v) is 8.22. The number of carbonyl (C=O) groups excluding carboxylic acids is 1. The zero-order valence-electron chi connectivity index (χ0n) is 19.1. The summed E-state index contributed by atoms with van der Waals surface area (Å²) in [7, 11) is -3.44. The predicted octanol–water partition coefficient (Wildman–Crippen LogP) is 3.51. The molecule has 0 bridgehead atoms. The van der Waals surface area contributed by atoms with Crippen molar-refractivity contribution in [1.82, 2.24) is 14.2 Å². The number of anilines is 1. The normalized spacial score (nSPS) is 18.5. The second-order valence-corrected chi connectivity index (χ2v) is 12.6. The number of piperazine rings is 1. The van der Waals surface area contributed by atoms with Gasteiger partial charge in [-0.3, -0.25) is 4.79 Å². The fraction of sp³-hybridized carbons (Fsp3) is 0.478. The molecule has 182 valence electrons. The lowest BCUT2D eigenvalue weighted by Gasteiger charge is -2.38. The molecule has 8 nitrogen and oxygen atoms in total. The Labute approximate surface area is 207 Å². The zero-order chi connectivity index (χ0) is 23.7. The molecule has 3 aromatic rings. The summed E-state index contributed by atoms with van der Waals surface area (Å²) < 4.78 is 34.2. The van der Waals surface area contributed by atoms with Gasteiger partial charge in [0.1, 0.15) is 15.5 Å². The molecule has 5 rings (SSSR count). The van der Waals surface area contributed by atoms with Crippen molar-refractivity contribution in [3.63, 3.8) is 0 Å². The quantitative estimate of drug-likeness (QED) is 0.495. The minimum absolute atomic E-state index is 0.113. The van der Waals surface area contributed by atoms with Crippen LogP contribution in [0.15, 0.2) is 39.9 Å². The molecule has 2 aliphatic rings.